The molecule has 0 amide bonds. The summed E-state index contributed by atoms with van der Waals surface area (Å²) in [6, 6.07) is 29.4. The third kappa shape index (κ3) is 3.52. The summed E-state index contributed by atoms with van der Waals surface area (Å²) in [6.45, 7) is 0. The van der Waals surface area contributed by atoms with Crippen LogP contribution in [-0.4, -0.2) is 0 Å². The van der Waals surface area contributed by atoms with Crippen molar-refractivity contribution in [1.82, 2.24) is 0 Å². The summed E-state index contributed by atoms with van der Waals surface area (Å²) in [6.07, 6.45) is 0. The third-order valence-corrected chi connectivity index (χ3v) is 4.88. The average molecular weight is 367 g/mol. The molecule has 3 aromatic carbocycles. The lowest BCUT2D eigenvalue weighted by molar-refractivity contribution is 1.36. The van der Waals surface area contributed by atoms with Crippen molar-refractivity contribution >= 4 is 33.3 Å². The standard InChI is InChI=1S/C20H15BrS/c21-15-19(16-9-3-1-4-10-16)18-13-7-8-14-20(18)22-17-11-5-2-6-12-17/h1-15H. The number of rotatable bonds is 4. The minimum absolute atomic E-state index is 1.19. The zero-order chi connectivity index (χ0) is 15.2. The largest absolute Gasteiger partial charge is 0.0895 e. The molecule has 3 rings (SSSR count). The number of benzene rings is 3. The summed E-state index contributed by atoms with van der Waals surface area (Å²) in [5.41, 5.74) is 3.64. The zero-order valence-corrected chi connectivity index (χ0v) is 14.3. The summed E-state index contributed by atoms with van der Waals surface area (Å²) >= 11 is 5.33. The molecule has 22 heavy (non-hydrogen) atoms. The summed E-state index contributed by atoms with van der Waals surface area (Å²) in [7, 11) is 0. The molecule has 0 saturated carbocycles. The first-order chi connectivity index (χ1) is 10.9. The first kappa shape index (κ1) is 15.1. The van der Waals surface area contributed by atoms with E-state index in [-0.39, 0.29) is 0 Å². The van der Waals surface area contributed by atoms with Crippen LogP contribution in [0.4, 0.5) is 0 Å². The molecule has 0 spiro atoms. The molecule has 0 saturated heterocycles. The lowest BCUT2D eigenvalue weighted by atomic mass is 10.00. The van der Waals surface area contributed by atoms with E-state index in [1.54, 1.807) is 11.8 Å². The third-order valence-electron chi connectivity index (χ3n) is 3.34. The monoisotopic (exact) mass is 366 g/mol. The Balaban J connectivity index is 2.01. The average Bonchev–Trinajstić information content (AvgIpc) is 2.59. The Morgan fingerprint density at radius 1 is 0.727 bits per heavy atom. The highest BCUT2D eigenvalue weighted by atomic mass is 79.9. The van der Waals surface area contributed by atoms with Crippen LogP contribution in [0.5, 0.6) is 0 Å². The van der Waals surface area contributed by atoms with E-state index in [1.165, 1.54) is 26.5 Å². The molecule has 0 atom stereocenters. The van der Waals surface area contributed by atoms with E-state index in [2.05, 4.69) is 88.7 Å². The van der Waals surface area contributed by atoms with Gasteiger partial charge in [-0.2, -0.15) is 0 Å². The van der Waals surface area contributed by atoms with Gasteiger partial charge in [0.2, 0.25) is 0 Å². The second-order valence-electron chi connectivity index (χ2n) is 4.80. The normalized spacial score (nSPS) is 11.4. The van der Waals surface area contributed by atoms with Crippen LogP contribution in [0.25, 0.3) is 5.57 Å². The van der Waals surface area contributed by atoms with Crippen LogP contribution in [0.1, 0.15) is 11.1 Å². The van der Waals surface area contributed by atoms with Crippen molar-refractivity contribution < 1.29 is 0 Å². The van der Waals surface area contributed by atoms with Crippen molar-refractivity contribution in [1.29, 1.82) is 0 Å². The van der Waals surface area contributed by atoms with E-state index in [0.717, 1.165) is 0 Å². The zero-order valence-electron chi connectivity index (χ0n) is 11.9. The number of hydrogen-bond donors (Lipinski definition) is 0. The molecule has 108 valence electrons. The number of hydrogen-bond acceptors (Lipinski definition) is 1. The Morgan fingerprint density at radius 3 is 2.00 bits per heavy atom. The van der Waals surface area contributed by atoms with E-state index >= 15 is 0 Å². The van der Waals surface area contributed by atoms with Gasteiger partial charge in [0.15, 0.2) is 0 Å². The fourth-order valence-corrected chi connectivity index (χ4v) is 3.78. The van der Waals surface area contributed by atoms with Crippen LogP contribution in [0.15, 0.2) is 99.7 Å². The minimum Gasteiger partial charge on any atom is -0.0895 e. The first-order valence-corrected chi connectivity index (χ1v) is 8.80. The van der Waals surface area contributed by atoms with E-state index < -0.39 is 0 Å². The van der Waals surface area contributed by atoms with Crippen LogP contribution in [-0.2, 0) is 0 Å². The molecule has 2 heteroatoms. The van der Waals surface area contributed by atoms with Crippen molar-refractivity contribution in [3.8, 4) is 0 Å². The van der Waals surface area contributed by atoms with Gasteiger partial charge in [0.25, 0.3) is 0 Å². The van der Waals surface area contributed by atoms with E-state index in [9.17, 15) is 0 Å². The molecule has 0 aromatic heterocycles. The molecule has 0 heterocycles. The van der Waals surface area contributed by atoms with Crippen LogP contribution < -0.4 is 0 Å². The molecule has 0 aliphatic carbocycles. The van der Waals surface area contributed by atoms with E-state index in [0.29, 0.717) is 0 Å². The Labute approximate surface area is 144 Å². The van der Waals surface area contributed by atoms with Crippen molar-refractivity contribution in [2.75, 3.05) is 0 Å². The lowest BCUT2D eigenvalue weighted by Gasteiger charge is -2.12. The Hall–Kier alpha value is -1.77. The van der Waals surface area contributed by atoms with Gasteiger partial charge in [-0.05, 0) is 39.9 Å². The highest BCUT2D eigenvalue weighted by Crippen LogP contribution is 2.36. The van der Waals surface area contributed by atoms with Gasteiger partial charge in [-0.3, -0.25) is 0 Å². The quantitative estimate of drug-likeness (QED) is 0.499. The summed E-state index contributed by atoms with van der Waals surface area (Å²) in [5, 5.41) is 0. The van der Waals surface area contributed by atoms with Crippen LogP contribution in [0, 0.1) is 0 Å². The SMILES string of the molecule is BrC=C(c1ccccc1)c1ccccc1Sc1ccccc1. The predicted molar refractivity (Wildman–Crippen MR) is 99.5 cm³/mol. The van der Waals surface area contributed by atoms with Gasteiger partial charge in [0.05, 0.1) is 0 Å². The van der Waals surface area contributed by atoms with Gasteiger partial charge < -0.3 is 0 Å². The molecule has 0 bridgehead atoms. The van der Waals surface area contributed by atoms with Crippen molar-refractivity contribution in [3.05, 3.63) is 101 Å². The lowest BCUT2D eigenvalue weighted by Crippen LogP contribution is -1.90. The Bertz CT molecular complexity index is 764. The molecular formula is C20H15BrS. The smallest absolute Gasteiger partial charge is 0.0201 e. The highest BCUT2D eigenvalue weighted by molar-refractivity contribution is 9.11. The van der Waals surface area contributed by atoms with Crippen molar-refractivity contribution in [2.24, 2.45) is 0 Å². The van der Waals surface area contributed by atoms with Gasteiger partial charge in [0.1, 0.15) is 0 Å². The van der Waals surface area contributed by atoms with Gasteiger partial charge in [0, 0.05) is 9.79 Å². The second kappa shape index (κ2) is 7.48. The van der Waals surface area contributed by atoms with E-state index in [4.69, 9.17) is 0 Å². The molecular weight excluding hydrogens is 352 g/mol. The summed E-state index contributed by atoms with van der Waals surface area (Å²) in [5.74, 6) is 0. The molecule has 0 N–H and O–H groups in total. The molecule has 0 aliphatic heterocycles. The molecule has 0 aliphatic rings. The van der Waals surface area contributed by atoms with Crippen LogP contribution >= 0.6 is 27.7 Å². The van der Waals surface area contributed by atoms with Crippen molar-refractivity contribution in [2.45, 2.75) is 9.79 Å². The maximum atomic E-state index is 3.54. The van der Waals surface area contributed by atoms with Gasteiger partial charge in [-0.15, -0.1) is 0 Å². The molecule has 3 aromatic rings. The maximum absolute atomic E-state index is 3.54. The number of halogens is 1. The second-order valence-corrected chi connectivity index (χ2v) is 6.37. The fourth-order valence-electron chi connectivity index (χ4n) is 2.29. The van der Waals surface area contributed by atoms with Gasteiger partial charge in [-0.25, -0.2) is 0 Å². The Kier molecular flexibility index (Phi) is 5.15. The molecule has 0 radical (unpaired) electrons. The predicted octanol–water partition coefficient (Wildman–Crippen LogP) is 6.62. The van der Waals surface area contributed by atoms with Crippen molar-refractivity contribution in [3.63, 3.8) is 0 Å². The Morgan fingerprint density at radius 2 is 1.32 bits per heavy atom. The van der Waals surface area contributed by atoms with E-state index in [1.807, 2.05) is 17.1 Å². The fraction of sp³-hybridized carbons (Fsp3) is 0. The topological polar surface area (TPSA) is 0 Å². The van der Waals surface area contributed by atoms with Crippen LogP contribution in [0.3, 0.4) is 0 Å². The van der Waals surface area contributed by atoms with Gasteiger partial charge >= 0.3 is 0 Å². The molecule has 0 nitrogen and oxygen atoms in total. The van der Waals surface area contributed by atoms with Gasteiger partial charge in [-0.1, -0.05) is 94.4 Å². The first-order valence-electron chi connectivity index (χ1n) is 7.06. The molecule has 0 fully saturated rings. The minimum atomic E-state index is 1.19. The maximum Gasteiger partial charge on any atom is 0.0201 e. The van der Waals surface area contributed by atoms with Crippen LogP contribution in [0.2, 0.25) is 0 Å². The molecule has 0 unspecified atom stereocenters. The highest BCUT2D eigenvalue weighted by Gasteiger charge is 2.10. The summed E-state index contributed by atoms with van der Waals surface area (Å²) in [4.78, 5) is 4.51. The summed E-state index contributed by atoms with van der Waals surface area (Å²) < 4.78 is 0.